The molecule has 2 aromatic rings. The molecule has 7 nitrogen and oxygen atoms in total. The van der Waals surface area contributed by atoms with Gasteiger partial charge in [-0.15, -0.1) is 0 Å². The number of hydroxylamine groups is 1. The van der Waals surface area contributed by atoms with E-state index in [-0.39, 0.29) is 12.2 Å². The summed E-state index contributed by atoms with van der Waals surface area (Å²) in [5.74, 6) is -0.549. The van der Waals surface area contributed by atoms with Gasteiger partial charge in [-0.1, -0.05) is 59.8 Å². The van der Waals surface area contributed by atoms with E-state index in [1.807, 2.05) is 54.6 Å². The number of rotatable bonds is 6. The lowest BCUT2D eigenvalue weighted by atomic mass is 10.0. The molecule has 4 rings (SSSR count). The summed E-state index contributed by atoms with van der Waals surface area (Å²) in [6.07, 6.45) is 3.62. The number of ether oxygens (including phenoxy) is 1. The predicted octanol–water partition coefficient (Wildman–Crippen LogP) is 2.60. The molecule has 2 heterocycles. The van der Waals surface area contributed by atoms with E-state index in [1.54, 1.807) is 11.6 Å². The van der Waals surface area contributed by atoms with Crippen LogP contribution in [0.15, 0.2) is 65.8 Å². The number of morpholine rings is 1. The average molecular weight is 407 g/mol. The van der Waals surface area contributed by atoms with Crippen molar-refractivity contribution in [1.29, 1.82) is 0 Å². The normalized spacial score (nSPS) is 22.0. The van der Waals surface area contributed by atoms with Crippen LogP contribution in [0.2, 0.25) is 0 Å². The molecule has 2 aromatic carbocycles. The second-order valence-electron chi connectivity index (χ2n) is 7.45. The summed E-state index contributed by atoms with van der Waals surface area (Å²) in [7, 11) is 0. The molecule has 30 heavy (non-hydrogen) atoms. The third kappa shape index (κ3) is 5.13. The molecule has 1 fully saturated rings. The molecule has 2 atom stereocenters. The number of nitrogens with one attached hydrogen (secondary N) is 1. The maximum absolute atomic E-state index is 11.1. The number of nitrogens with zero attached hydrogens (tertiary/aromatic N) is 2. The van der Waals surface area contributed by atoms with Crippen LogP contribution in [0.4, 0.5) is 0 Å². The molecule has 0 spiro atoms. The molecule has 1 saturated heterocycles. The fourth-order valence-corrected chi connectivity index (χ4v) is 3.70. The van der Waals surface area contributed by atoms with Crippen LogP contribution in [0.25, 0.3) is 6.08 Å². The third-order valence-corrected chi connectivity index (χ3v) is 5.32. The van der Waals surface area contributed by atoms with Crippen molar-refractivity contribution in [3.05, 3.63) is 77.4 Å². The van der Waals surface area contributed by atoms with Gasteiger partial charge < -0.3 is 9.57 Å². The Morgan fingerprint density at radius 1 is 1.17 bits per heavy atom. The number of hydrogen-bond acceptors (Lipinski definition) is 6. The molecule has 0 saturated carbocycles. The molecule has 2 unspecified atom stereocenters. The van der Waals surface area contributed by atoms with Crippen molar-refractivity contribution in [1.82, 2.24) is 10.4 Å². The molecule has 0 aromatic heterocycles. The Hall–Kier alpha value is -3.00. The lowest BCUT2D eigenvalue weighted by molar-refractivity contribution is -0.124. The minimum atomic E-state index is -0.549. The van der Waals surface area contributed by atoms with Crippen LogP contribution in [0, 0.1) is 0 Å². The molecule has 2 aliphatic rings. The molecule has 0 bridgehead atoms. The highest BCUT2D eigenvalue weighted by molar-refractivity contribution is 6.01. The molecule has 2 aliphatic heterocycles. The summed E-state index contributed by atoms with van der Waals surface area (Å²) in [5, 5.41) is 12.8. The van der Waals surface area contributed by atoms with E-state index in [2.05, 4.69) is 10.1 Å². The Morgan fingerprint density at radius 3 is 2.73 bits per heavy atom. The number of benzene rings is 2. The van der Waals surface area contributed by atoms with Gasteiger partial charge in [0.1, 0.15) is 6.10 Å². The second kappa shape index (κ2) is 9.67. The van der Waals surface area contributed by atoms with Crippen LogP contribution in [0.1, 0.15) is 23.1 Å². The maximum Gasteiger partial charge on any atom is 0.267 e. The van der Waals surface area contributed by atoms with Crippen LogP contribution in [-0.2, 0) is 20.9 Å². The van der Waals surface area contributed by atoms with Gasteiger partial charge in [-0.25, -0.2) is 5.48 Å². The Labute approximate surface area is 175 Å². The van der Waals surface area contributed by atoms with Gasteiger partial charge in [0.15, 0.2) is 6.10 Å². The Morgan fingerprint density at radius 2 is 1.97 bits per heavy atom. The van der Waals surface area contributed by atoms with Crippen LogP contribution in [-0.4, -0.2) is 53.6 Å². The number of oxime groups is 1. The van der Waals surface area contributed by atoms with Gasteiger partial charge >= 0.3 is 0 Å². The van der Waals surface area contributed by atoms with Crippen LogP contribution < -0.4 is 5.48 Å². The summed E-state index contributed by atoms with van der Waals surface area (Å²) in [6, 6.07) is 18.1. The fourth-order valence-electron chi connectivity index (χ4n) is 3.70. The highest BCUT2D eigenvalue weighted by atomic mass is 16.7. The number of hydrogen-bond donors (Lipinski definition) is 2. The second-order valence-corrected chi connectivity index (χ2v) is 7.45. The van der Waals surface area contributed by atoms with Gasteiger partial charge in [0.25, 0.3) is 5.91 Å². The summed E-state index contributed by atoms with van der Waals surface area (Å²) in [4.78, 5) is 19.1. The molecule has 1 amide bonds. The van der Waals surface area contributed by atoms with Crippen molar-refractivity contribution in [3.8, 4) is 0 Å². The SMILES string of the molecule is O=C(C=Cc1ccc(CN2CCOC(C3CC(c4ccccc4)=NO3)C2)cc1)NO. The molecular weight excluding hydrogens is 382 g/mol. The highest BCUT2D eigenvalue weighted by Crippen LogP contribution is 2.23. The zero-order valence-corrected chi connectivity index (χ0v) is 16.6. The summed E-state index contributed by atoms with van der Waals surface area (Å²) in [6.45, 7) is 3.15. The monoisotopic (exact) mass is 407 g/mol. The van der Waals surface area contributed by atoms with Gasteiger partial charge in [-0.05, 0) is 22.8 Å². The fraction of sp³-hybridized carbons (Fsp3) is 0.304. The van der Waals surface area contributed by atoms with Crippen molar-refractivity contribution in [3.63, 3.8) is 0 Å². The van der Waals surface area contributed by atoms with E-state index < -0.39 is 5.91 Å². The van der Waals surface area contributed by atoms with Gasteiger partial charge in [0, 0.05) is 32.1 Å². The number of carbonyl (C=O) groups excluding carboxylic acids is 1. The number of amides is 1. The van der Waals surface area contributed by atoms with E-state index in [4.69, 9.17) is 14.8 Å². The molecular formula is C23H25N3O4. The van der Waals surface area contributed by atoms with Crippen LogP contribution in [0.5, 0.6) is 0 Å². The molecule has 7 heteroatoms. The minimum absolute atomic E-state index is 0.0112. The van der Waals surface area contributed by atoms with Crippen molar-refractivity contribution >= 4 is 17.7 Å². The lowest BCUT2D eigenvalue weighted by Gasteiger charge is -2.34. The molecule has 0 radical (unpaired) electrons. The first-order valence-electron chi connectivity index (χ1n) is 10.0. The smallest absolute Gasteiger partial charge is 0.267 e. The zero-order chi connectivity index (χ0) is 20.8. The Bertz CT molecular complexity index is 912. The third-order valence-electron chi connectivity index (χ3n) is 5.32. The summed E-state index contributed by atoms with van der Waals surface area (Å²) < 4.78 is 5.99. The minimum Gasteiger partial charge on any atom is -0.389 e. The highest BCUT2D eigenvalue weighted by Gasteiger charge is 2.34. The van der Waals surface area contributed by atoms with Gasteiger partial charge in [-0.2, -0.15) is 0 Å². The van der Waals surface area contributed by atoms with E-state index >= 15 is 0 Å². The van der Waals surface area contributed by atoms with E-state index in [9.17, 15) is 4.79 Å². The quantitative estimate of drug-likeness (QED) is 0.437. The Kier molecular flexibility index (Phi) is 6.53. The zero-order valence-electron chi connectivity index (χ0n) is 16.6. The van der Waals surface area contributed by atoms with Crippen molar-refractivity contribution in [2.24, 2.45) is 5.16 Å². The maximum atomic E-state index is 11.1. The first-order valence-corrected chi connectivity index (χ1v) is 10.0. The van der Waals surface area contributed by atoms with Gasteiger partial charge in [0.05, 0.1) is 12.3 Å². The predicted molar refractivity (Wildman–Crippen MR) is 113 cm³/mol. The number of carbonyl (C=O) groups is 1. The largest absolute Gasteiger partial charge is 0.389 e. The van der Waals surface area contributed by atoms with Gasteiger partial charge in [-0.3, -0.25) is 14.9 Å². The molecule has 156 valence electrons. The first kappa shape index (κ1) is 20.3. The van der Waals surface area contributed by atoms with Crippen LogP contribution >= 0.6 is 0 Å². The van der Waals surface area contributed by atoms with E-state index in [0.717, 1.165) is 42.9 Å². The van der Waals surface area contributed by atoms with E-state index in [1.165, 1.54) is 11.6 Å². The topological polar surface area (TPSA) is 83.4 Å². The van der Waals surface area contributed by atoms with Crippen molar-refractivity contribution in [2.75, 3.05) is 19.7 Å². The van der Waals surface area contributed by atoms with Crippen molar-refractivity contribution < 1.29 is 19.6 Å². The molecule has 0 aliphatic carbocycles. The summed E-state index contributed by atoms with van der Waals surface area (Å²) in [5.41, 5.74) is 5.73. The van der Waals surface area contributed by atoms with Crippen molar-refractivity contribution in [2.45, 2.75) is 25.2 Å². The standard InChI is InChI=1S/C23H25N3O4/c27-23(24-28)11-10-17-6-8-18(9-7-17)15-26-12-13-29-22(16-26)21-14-20(25-30-21)19-4-2-1-3-5-19/h1-11,21-22,28H,12-16H2,(H,24,27). The first-order chi connectivity index (χ1) is 14.7. The summed E-state index contributed by atoms with van der Waals surface area (Å²) >= 11 is 0. The van der Waals surface area contributed by atoms with E-state index in [0.29, 0.717) is 6.61 Å². The Balaban J connectivity index is 1.30. The van der Waals surface area contributed by atoms with Gasteiger partial charge in [0.2, 0.25) is 0 Å². The average Bonchev–Trinajstić information content (AvgIpc) is 3.30. The lowest BCUT2D eigenvalue weighted by Crippen LogP contribution is -2.47. The van der Waals surface area contributed by atoms with Crippen LogP contribution in [0.3, 0.4) is 0 Å². The molecule has 2 N–H and O–H groups in total.